The zero-order valence-electron chi connectivity index (χ0n) is 10.9. The van der Waals surface area contributed by atoms with Crippen molar-refractivity contribution < 1.29 is 13.9 Å². The average molecular weight is 272 g/mol. The molecule has 5 heteroatoms. The molecule has 0 bridgehead atoms. The molecule has 2 rings (SSSR count). The lowest BCUT2D eigenvalue weighted by Crippen LogP contribution is -1.99. The third kappa shape index (κ3) is 2.98. The minimum Gasteiger partial charge on any atom is -0.495 e. The molecule has 0 aliphatic heterocycles. The number of nitriles is 1. The van der Waals surface area contributed by atoms with Crippen LogP contribution in [-0.4, -0.2) is 7.11 Å². The predicted octanol–water partition coefficient (Wildman–Crippen LogP) is 2.87. The highest BCUT2D eigenvalue weighted by atomic mass is 19.1. The van der Waals surface area contributed by atoms with E-state index in [2.05, 4.69) is 0 Å². The topological polar surface area (TPSA) is 68.3 Å². The van der Waals surface area contributed by atoms with Crippen molar-refractivity contribution in [3.63, 3.8) is 0 Å². The molecule has 2 aromatic rings. The van der Waals surface area contributed by atoms with Gasteiger partial charge in [0.25, 0.3) is 0 Å². The highest BCUT2D eigenvalue weighted by Crippen LogP contribution is 2.22. The summed E-state index contributed by atoms with van der Waals surface area (Å²) in [4.78, 5) is 0. The van der Waals surface area contributed by atoms with Crippen molar-refractivity contribution in [3.05, 3.63) is 53.3 Å². The molecule has 0 aliphatic rings. The van der Waals surface area contributed by atoms with Crippen molar-refractivity contribution in [1.29, 1.82) is 5.26 Å². The third-order valence-corrected chi connectivity index (χ3v) is 2.73. The summed E-state index contributed by atoms with van der Waals surface area (Å²) in [5.74, 6) is 0.0995. The summed E-state index contributed by atoms with van der Waals surface area (Å²) in [5.41, 5.74) is 6.96. The van der Waals surface area contributed by atoms with Crippen molar-refractivity contribution in [2.75, 3.05) is 12.8 Å². The fourth-order valence-corrected chi connectivity index (χ4v) is 1.73. The van der Waals surface area contributed by atoms with Crippen molar-refractivity contribution in [1.82, 2.24) is 0 Å². The molecular formula is C15H13FN2O2. The van der Waals surface area contributed by atoms with Crippen LogP contribution >= 0.6 is 0 Å². The van der Waals surface area contributed by atoms with E-state index in [0.29, 0.717) is 17.0 Å². The van der Waals surface area contributed by atoms with Crippen LogP contribution in [0.1, 0.15) is 11.1 Å². The van der Waals surface area contributed by atoms with Crippen molar-refractivity contribution in [2.24, 2.45) is 0 Å². The second-order valence-electron chi connectivity index (χ2n) is 4.12. The summed E-state index contributed by atoms with van der Waals surface area (Å²) >= 11 is 0. The number of hydrogen-bond donors (Lipinski definition) is 1. The van der Waals surface area contributed by atoms with Gasteiger partial charge in [-0.05, 0) is 29.8 Å². The molecule has 102 valence electrons. The van der Waals surface area contributed by atoms with Gasteiger partial charge in [-0.1, -0.05) is 6.07 Å². The first-order chi connectivity index (χ1) is 9.63. The molecule has 0 unspecified atom stereocenters. The van der Waals surface area contributed by atoms with Crippen molar-refractivity contribution in [3.8, 4) is 17.6 Å². The minimum absolute atomic E-state index is 0.119. The molecule has 2 N–H and O–H groups in total. The van der Waals surface area contributed by atoms with Crippen molar-refractivity contribution >= 4 is 5.69 Å². The lowest BCUT2D eigenvalue weighted by molar-refractivity contribution is 0.290. The molecule has 0 amide bonds. The Hall–Kier alpha value is -2.74. The zero-order valence-corrected chi connectivity index (χ0v) is 10.9. The maximum atomic E-state index is 13.5. The Balaban J connectivity index is 2.13. The van der Waals surface area contributed by atoms with E-state index in [0.717, 1.165) is 5.56 Å². The number of halogens is 1. The van der Waals surface area contributed by atoms with Gasteiger partial charge in [-0.25, -0.2) is 4.39 Å². The number of anilines is 1. The number of nitrogens with two attached hydrogens (primary N) is 1. The Bertz CT molecular complexity index is 665. The van der Waals surface area contributed by atoms with E-state index in [9.17, 15) is 4.39 Å². The van der Waals surface area contributed by atoms with E-state index in [1.807, 2.05) is 6.07 Å². The Kier molecular flexibility index (Phi) is 4.06. The Labute approximate surface area is 116 Å². The fourth-order valence-electron chi connectivity index (χ4n) is 1.73. The summed E-state index contributed by atoms with van der Waals surface area (Å²) in [6, 6.07) is 11.3. The minimum atomic E-state index is -0.515. The van der Waals surface area contributed by atoms with Gasteiger partial charge in [0, 0.05) is 11.8 Å². The number of hydrogen-bond acceptors (Lipinski definition) is 4. The normalized spacial score (nSPS) is 9.85. The fraction of sp³-hybridized carbons (Fsp3) is 0.133. The second kappa shape index (κ2) is 5.93. The molecule has 0 heterocycles. The van der Waals surface area contributed by atoms with Crippen LogP contribution in [-0.2, 0) is 6.61 Å². The van der Waals surface area contributed by atoms with E-state index >= 15 is 0 Å². The monoisotopic (exact) mass is 272 g/mol. The van der Waals surface area contributed by atoms with Crippen LogP contribution in [0.25, 0.3) is 0 Å². The molecule has 0 spiro atoms. The van der Waals surface area contributed by atoms with Gasteiger partial charge in [-0.3, -0.25) is 0 Å². The lowest BCUT2D eigenvalue weighted by Gasteiger charge is -2.09. The van der Waals surface area contributed by atoms with E-state index in [1.54, 1.807) is 24.3 Å². The van der Waals surface area contributed by atoms with Gasteiger partial charge in [0.15, 0.2) is 11.6 Å². The largest absolute Gasteiger partial charge is 0.495 e. The molecule has 4 nitrogen and oxygen atoms in total. The van der Waals surface area contributed by atoms with Crippen LogP contribution in [0.15, 0.2) is 36.4 Å². The molecule has 2 aromatic carbocycles. The summed E-state index contributed by atoms with van der Waals surface area (Å²) in [5, 5.41) is 8.99. The summed E-state index contributed by atoms with van der Waals surface area (Å²) in [7, 11) is 1.50. The maximum Gasteiger partial charge on any atom is 0.167 e. The maximum absolute atomic E-state index is 13.5. The van der Waals surface area contributed by atoms with E-state index in [-0.39, 0.29) is 12.4 Å². The first-order valence-corrected chi connectivity index (χ1v) is 5.89. The zero-order chi connectivity index (χ0) is 14.5. The van der Waals surface area contributed by atoms with E-state index in [1.165, 1.54) is 19.2 Å². The third-order valence-electron chi connectivity index (χ3n) is 2.73. The number of benzene rings is 2. The highest BCUT2D eigenvalue weighted by Gasteiger charge is 2.07. The van der Waals surface area contributed by atoms with Gasteiger partial charge in [0.1, 0.15) is 18.4 Å². The van der Waals surface area contributed by atoms with Gasteiger partial charge >= 0.3 is 0 Å². The van der Waals surface area contributed by atoms with E-state index < -0.39 is 5.82 Å². The Morgan fingerprint density at radius 3 is 2.60 bits per heavy atom. The SMILES string of the molecule is COc1ccc(COc2ccc(N)cc2F)cc1C#N. The quantitative estimate of drug-likeness (QED) is 0.869. The number of rotatable bonds is 4. The first-order valence-electron chi connectivity index (χ1n) is 5.89. The molecule has 0 saturated heterocycles. The molecule has 0 radical (unpaired) electrons. The van der Waals surface area contributed by atoms with Crippen LogP contribution in [0.5, 0.6) is 11.5 Å². The first kappa shape index (κ1) is 13.7. The summed E-state index contributed by atoms with van der Waals surface area (Å²) in [6.45, 7) is 0.152. The average Bonchev–Trinajstić information content (AvgIpc) is 2.46. The van der Waals surface area contributed by atoms with Gasteiger partial charge in [0.2, 0.25) is 0 Å². The van der Waals surface area contributed by atoms with Crippen LogP contribution < -0.4 is 15.2 Å². The molecule has 0 atom stereocenters. The summed E-state index contributed by atoms with van der Waals surface area (Å²) < 4.78 is 24.0. The Morgan fingerprint density at radius 1 is 1.20 bits per heavy atom. The summed E-state index contributed by atoms with van der Waals surface area (Å²) in [6.07, 6.45) is 0. The standard InChI is InChI=1S/C15H13FN2O2/c1-19-14-4-2-10(6-11(14)8-17)9-20-15-5-3-12(18)7-13(15)16/h2-7H,9,18H2,1H3. The second-order valence-corrected chi connectivity index (χ2v) is 4.12. The molecule has 20 heavy (non-hydrogen) atoms. The molecular weight excluding hydrogens is 259 g/mol. The molecule has 0 fully saturated rings. The molecule has 0 saturated carbocycles. The van der Waals surface area contributed by atoms with Gasteiger partial charge in [-0.15, -0.1) is 0 Å². The smallest absolute Gasteiger partial charge is 0.167 e. The van der Waals surface area contributed by atoms with Crippen LogP contribution in [0.4, 0.5) is 10.1 Å². The molecule has 0 aliphatic carbocycles. The van der Waals surface area contributed by atoms with Crippen LogP contribution in [0.2, 0.25) is 0 Å². The van der Waals surface area contributed by atoms with Crippen LogP contribution in [0.3, 0.4) is 0 Å². The number of nitrogens with zero attached hydrogens (tertiary/aromatic N) is 1. The van der Waals surface area contributed by atoms with Gasteiger partial charge in [-0.2, -0.15) is 5.26 Å². The van der Waals surface area contributed by atoms with Crippen molar-refractivity contribution in [2.45, 2.75) is 6.61 Å². The highest BCUT2D eigenvalue weighted by molar-refractivity contribution is 5.46. The number of methoxy groups -OCH3 is 1. The number of nitrogen functional groups attached to an aromatic ring is 1. The van der Waals surface area contributed by atoms with Gasteiger partial charge < -0.3 is 15.2 Å². The molecule has 0 aromatic heterocycles. The Morgan fingerprint density at radius 2 is 1.95 bits per heavy atom. The van der Waals surface area contributed by atoms with E-state index in [4.69, 9.17) is 20.5 Å². The van der Waals surface area contributed by atoms with Crippen LogP contribution in [0, 0.1) is 17.1 Å². The van der Waals surface area contributed by atoms with Gasteiger partial charge in [0.05, 0.1) is 12.7 Å². The lowest BCUT2D eigenvalue weighted by atomic mass is 10.1. The predicted molar refractivity (Wildman–Crippen MR) is 72.9 cm³/mol. The number of ether oxygens (including phenoxy) is 2.